The van der Waals surface area contributed by atoms with Crippen molar-refractivity contribution in [3.8, 4) is 0 Å². The Morgan fingerprint density at radius 2 is 1.87 bits per heavy atom. The molecule has 23 heavy (non-hydrogen) atoms. The number of aromatic nitrogens is 1. The molecular weight excluding hydrogens is 292 g/mol. The fourth-order valence-electron chi connectivity index (χ4n) is 2.24. The number of pyridine rings is 1. The molecular formula is C17H14N4O2. The maximum Gasteiger partial charge on any atom is 0.269 e. The van der Waals surface area contributed by atoms with E-state index in [0.29, 0.717) is 0 Å². The zero-order chi connectivity index (χ0) is 16.2. The number of nitro benzene ring substituents is 1. The smallest absolute Gasteiger partial charge is 0.269 e. The fourth-order valence-corrected chi connectivity index (χ4v) is 2.24. The molecule has 0 radical (unpaired) electrons. The normalized spacial score (nSPS) is 11.0. The van der Waals surface area contributed by atoms with E-state index < -0.39 is 4.92 Å². The van der Waals surface area contributed by atoms with Crippen molar-refractivity contribution in [3.63, 3.8) is 0 Å². The molecule has 2 aromatic carbocycles. The van der Waals surface area contributed by atoms with Gasteiger partial charge < -0.3 is 0 Å². The number of nitro groups is 1. The maximum atomic E-state index is 10.7. The Morgan fingerprint density at radius 3 is 2.61 bits per heavy atom. The van der Waals surface area contributed by atoms with Gasteiger partial charge in [-0.1, -0.05) is 24.3 Å². The molecule has 0 amide bonds. The van der Waals surface area contributed by atoms with E-state index in [1.54, 1.807) is 36.6 Å². The number of para-hydroxylation sites is 1. The number of rotatable bonds is 4. The van der Waals surface area contributed by atoms with E-state index in [4.69, 9.17) is 0 Å². The number of hydrogen-bond donors (Lipinski definition) is 0. The summed E-state index contributed by atoms with van der Waals surface area (Å²) in [4.78, 5) is 14.6. The van der Waals surface area contributed by atoms with Crippen LogP contribution in [-0.2, 0) is 0 Å². The van der Waals surface area contributed by atoms with Crippen molar-refractivity contribution in [2.45, 2.75) is 0 Å². The number of anilines is 1. The van der Waals surface area contributed by atoms with Gasteiger partial charge in [-0.3, -0.25) is 20.1 Å². The number of nitrogens with zero attached hydrogens (tertiary/aromatic N) is 4. The Bertz CT molecular complexity index is 870. The summed E-state index contributed by atoms with van der Waals surface area (Å²) in [6.45, 7) is 0. The zero-order valence-electron chi connectivity index (χ0n) is 12.5. The number of hydrogen-bond acceptors (Lipinski definition) is 5. The van der Waals surface area contributed by atoms with Crippen molar-refractivity contribution in [3.05, 3.63) is 76.5 Å². The Kier molecular flexibility index (Phi) is 3.97. The van der Waals surface area contributed by atoms with Gasteiger partial charge in [-0.15, -0.1) is 0 Å². The van der Waals surface area contributed by atoms with Crippen molar-refractivity contribution < 1.29 is 4.92 Å². The van der Waals surface area contributed by atoms with Crippen LogP contribution in [-0.4, -0.2) is 23.2 Å². The summed E-state index contributed by atoms with van der Waals surface area (Å²) in [5.74, 6) is 0. The number of benzene rings is 2. The van der Waals surface area contributed by atoms with Crippen molar-refractivity contribution in [1.82, 2.24) is 4.98 Å². The Morgan fingerprint density at radius 1 is 1.13 bits per heavy atom. The first-order chi connectivity index (χ1) is 11.1. The van der Waals surface area contributed by atoms with Crippen LogP contribution in [0.1, 0.15) is 5.56 Å². The van der Waals surface area contributed by atoms with Crippen LogP contribution in [0.4, 0.5) is 11.4 Å². The summed E-state index contributed by atoms with van der Waals surface area (Å²) in [6, 6.07) is 16.0. The second-order valence-electron chi connectivity index (χ2n) is 4.96. The molecule has 0 unspecified atom stereocenters. The van der Waals surface area contributed by atoms with Crippen molar-refractivity contribution in [2.75, 3.05) is 12.1 Å². The lowest BCUT2D eigenvalue weighted by Gasteiger charge is -2.12. The summed E-state index contributed by atoms with van der Waals surface area (Å²) >= 11 is 0. The van der Waals surface area contributed by atoms with Crippen LogP contribution in [0.2, 0.25) is 0 Å². The molecule has 0 atom stereocenters. The molecule has 3 rings (SSSR count). The van der Waals surface area contributed by atoms with Crippen LogP contribution in [0.25, 0.3) is 10.9 Å². The quantitative estimate of drug-likeness (QED) is 0.419. The standard InChI is InChI=1S/C17H14N4O2/c1-20(15-7-9-16(10-8-15)21(22)23)19-12-14-5-2-4-13-6-3-11-18-17(13)14/h2-12H,1H3/b19-12+. The summed E-state index contributed by atoms with van der Waals surface area (Å²) in [5.41, 5.74) is 2.62. The van der Waals surface area contributed by atoms with E-state index in [1.807, 2.05) is 30.3 Å². The minimum Gasteiger partial charge on any atom is -0.269 e. The van der Waals surface area contributed by atoms with Crippen molar-refractivity contribution in [1.29, 1.82) is 0 Å². The molecule has 0 saturated carbocycles. The molecule has 114 valence electrons. The monoisotopic (exact) mass is 306 g/mol. The van der Waals surface area contributed by atoms with Crippen LogP contribution in [0.3, 0.4) is 0 Å². The molecule has 0 aliphatic heterocycles. The average Bonchev–Trinajstić information content (AvgIpc) is 2.59. The van der Waals surface area contributed by atoms with Gasteiger partial charge in [0.1, 0.15) is 0 Å². The number of fused-ring (bicyclic) bond motifs is 1. The fraction of sp³-hybridized carbons (Fsp3) is 0.0588. The first kappa shape index (κ1) is 14.6. The third-order valence-corrected chi connectivity index (χ3v) is 3.47. The zero-order valence-corrected chi connectivity index (χ0v) is 12.5. The van der Waals surface area contributed by atoms with Crippen molar-refractivity contribution >= 4 is 28.5 Å². The maximum absolute atomic E-state index is 10.7. The second kappa shape index (κ2) is 6.23. The highest BCUT2D eigenvalue weighted by atomic mass is 16.6. The lowest BCUT2D eigenvalue weighted by Crippen LogP contribution is -2.09. The van der Waals surface area contributed by atoms with Crippen LogP contribution >= 0.6 is 0 Å². The summed E-state index contributed by atoms with van der Waals surface area (Å²) in [7, 11) is 1.79. The van der Waals surface area contributed by atoms with Gasteiger partial charge in [0.15, 0.2) is 0 Å². The summed E-state index contributed by atoms with van der Waals surface area (Å²) in [6.07, 6.45) is 3.48. The molecule has 0 fully saturated rings. The molecule has 1 aromatic heterocycles. The Labute approximate surface area is 132 Å². The number of non-ortho nitro benzene ring substituents is 1. The molecule has 0 aliphatic rings. The lowest BCUT2D eigenvalue weighted by atomic mass is 10.1. The molecule has 0 aliphatic carbocycles. The van der Waals surface area contributed by atoms with Gasteiger partial charge in [-0.25, -0.2) is 0 Å². The van der Waals surface area contributed by atoms with E-state index in [1.165, 1.54) is 12.1 Å². The van der Waals surface area contributed by atoms with Gasteiger partial charge in [0, 0.05) is 36.3 Å². The third-order valence-electron chi connectivity index (χ3n) is 3.47. The molecule has 0 spiro atoms. The van der Waals surface area contributed by atoms with Gasteiger partial charge in [0.25, 0.3) is 5.69 Å². The molecule has 1 heterocycles. The van der Waals surface area contributed by atoms with Crippen LogP contribution in [0, 0.1) is 10.1 Å². The van der Waals surface area contributed by atoms with E-state index >= 15 is 0 Å². The van der Waals surface area contributed by atoms with Gasteiger partial charge in [-0.2, -0.15) is 5.10 Å². The first-order valence-corrected chi connectivity index (χ1v) is 7.01. The highest BCUT2D eigenvalue weighted by molar-refractivity contribution is 5.97. The van der Waals surface area contributed by atoms with Crippen LogP contribution in [0.5, 0.6) is 0 Å². The molecule has 3 aromatic rings. The molecule has 0 bridgehead atoms. The lowest BCUT2D eigenvalue weighted by molar-refractivity contribution is -0.384. The van der Waals surface area contributed by atoms with Gasteiger partial charge in [0.05, 0.1) is 22.3 Å². The van der Waals surface area contributed by atoms with Crippen LogP contribution in [0.15, 0.2) is 65.9 Å². The highest BCUT2D eigenvalue weighted by Crippen LogP contribution is 2.19. The second-order valence-corrected chi connectivity index (χ2v) is 4.96. The predicted molar refractivity (Wildman–Crippen MR) is 90.8 cm³/mol. The molecule has 0 saturated heterocycles. The Balaban J connectivity index is 1.85. The molecule has 6 nitrogen and oxygen atoms in total. The largest absolute Gasteiger partial charge is 0.269 e. The molecule has 6 heteroatoms. The van der Waals surface area contributed by atoms with Gasteiger partial charge >= 0.3 is 0 Å². The minimum atomic E-state index is -0.422. The van der Waals surface area contributed by atoms with E-state index in [0.717, 1.165) is 22.2 Å². The van der Waals surface area contributed by atoms with Gasteiger partial charge in [0.2, 0.25) is 0 Å². The minimum absolute atomic E-state index is 0.0596. The Hall–Kier alpha value is -3.28. The van der Waals surface area contributed by atoms with E-state index in [-0.39, 0.29) is 5.69 Å². The summed E-state index contributed by atoms with van der Waals surface area (Å²) < 4.78 is 0. The molecule has 0 N–H and O–H groups in total. The van der Waals surface area contributed by atoms with E-state index in [9.17, 15) is 10.1 Å². The average molecular weight is 306 g/mol. The van der Waals surface area contributed by atoms with E-state index in [2.05, 4.69) is 10.1 Å². The van der Waals surface area contributed by atoms with Crippen molar-refractivity contribution in [2.24, 2.45) is 5.10 Å². The van der Waals surface area contributed by atoms with Gasteiger partial charge in [-0.05, 0) is 18.2 Å². The van der Waals surface area contributed by atoms with Crippen LogP contribution < -0.4 is 5.01 Å². The third kappa shape index (κ3) is 3.16. The topological polar surface area (TPSA) is 71.6 Å². The summed E-state index contributed by atoms with van der Waals surface area (Å²) in [5, 5.41) is 17.8. The predicted octanol–water partition coefficient (Wildman–Crippen LogP) is 3.61. The SMILES string of the molecule is CN(/N=C/c1cccc2cccnc12)c1ccc([N+](=O)[O-])cc1. The first-order valence-electron chi connectivity index (χ1n) is 7.01. The highest BCUT2D eigenvalue weighted by Gasteiger charge is 2.06. The number of hydrazone groups is 1.